The van der Waals surface area contributed by atoms with Crippen LogP contribution in [0.2, 0.25) is 0 Å². The van der Waals surface area contributed by atoms with Crippen molar-refractivity contribution in [2.24, 2.45) is 5.92 Å². The van der Waals surface area contributed by atoms with E-state index in [0.717, 1.165) is 0 Å². The lowest BCUT2D eigenvalue weighted by Crippen LogP contribution is -2.56. The molecule has 0 atom stereocenters. The van der Waals surface area contributed by atoms with Crippen LogP contribution in [-0.4, -0.2) is 84.9 Å². The minimum Gasteiger partial charge on any atom is -0.378 e. The summed E-state index contributed by atoms with van der Waals surface area (Å²) in [6, 6.07) is 0. The monoisotopic (exact) mass is 297 g/mol. The maximum atomic E-state index is 12.2. The van der Waals surface area contributed by atoms with Crippen LogP contribution in [0.25, 0.3) is 0 Å². The van der Waals surface area contributed by atoms with Crippen molar-refractivity contribution in [3.63, 3.8) is 0 Å². The van der Waals surface area contributed by atoms with Gasteiger partial charge in [-0.2, -0.15) is 0 Å². The first-order valence-electron chi connectivity index (χ1n) is 7.45. The lowest BCUT2D eigenvalue weighted by atomic mass is 10.1. The summed E-state index contributed by atoms with van der Waals surface area (Å²) in [4.78, 5) is 41.0. The predicted molar refractivity (Wildman–Crippen MR) is 75.4 cm³/mol. The van der Waals surface area contributed by atoms with Gasteiger partial charge in [-0.15, -0.1) is 0 Å². The molecule has 0 aliphatic carbocycles. The SMILES string of the molecule is CC(C)C(=O)N1CCN(C(=O)C(=O)N2CCOCC2)CC1. The standard InChI is InChI=1S/C14H23N3O4/c1-11(2)12(18)15-3-5-16(6-4-15)13(19)14(20)17-7-9-21-10-8-17/h11H,3-10H2,1-2H3. The Morgan fingerprint density at radius 1 is 0.762 bits per heavy atom. The summed E-state index contributed by atoms with van der Waals surface area (Å²) in [5.74, 6) is -0.862. The number of nitrogens with zero attached hydrogens (tertiary/aromatic N) is 3. The molecule has 3 amide bonds. The van der Waals surface area contributed by atoms with Crippen LogP contribution >= 0.6 is 0 Å². The number of morpholine rings is 1. The van der Waals surface area contributed by atoms with Gasteiger partial charge in [-0.3, -0.25) is 14.4 Å². The number of rotatable bonds is 1. The molecule has 0 aromatic carbocycles. The number of hydrogen-bond donors (Lipinski definition) is 0. The van der Waals surface area contributed by atoms with Gasteiger partial charge in [0.05, 0.1) is 13.2 Å². The first-order chi connectivity index (χ1) is 10.0. The minimum absolute atomic E-state index is 0.0396. The Labute approximate surface area is 124 Å². The highest BCUT2D eigenvalue weighted by molar-refractivity contribution is 6.34. The Bertz CT molecular complexity index is 410. The Hall–Kier alpha value is -1.63. The fraction of sp³-hybridized carbons (Fsp3) is 0.786. The molecule has 7 heteroatoms. The number of ether oxygens (including phenoxy) is 1. The summed E-state index contributed by atoms with van der Waals surface area (Å²) < 4.78 is 5.17. The summed E-state index contributed by atoms with van der Waals surface area (Å²) in [7, 11) is 0. The zero-order valence-corrected chi connectivity index (χ0v) is 12.7. The predicted octanol–water partition coefficient (Wildman–Crippen LogP) is -0.828. The summed E-state index contributed by atoms with van der Waals surface area (Å²) in [6.45, 7) is 7.47. The summed E-state index contributed by atoms with van der Waals surface area (Å²) in [5.41, 5.74) is 0. The van der Waals surface area contributed by atoms with Crippen molar-refractivity contribution in [1.82, 2.24) is 14.7 Å². The summed E-state index contributed by atoms with van der Waals surface area (Å²) in [5, 5.41) is 0. The first-order valence-corrected chi connectivity index (χ1v) is 7.45. The van der Waals surface area contributed by atoms with Crippen LogP contribution in [-0.2, 0) is 19.1 Å². The second-order valence-corrected chi connectivity index (χ2v) is 5.68. The van der Waals surface area contributed by atoms with Crippen LogP contribution < -0.4 is 0 Å². The molecule has 0 N–H and O–H groups in total. The van der Waals surface area contributed by atoms with E-state index in [1.165, 1.54) is 4.90 Å². The van der Waals surface area contributed by atoms with Gasteiger partial charge in [0.15, 0.2) is 0 Å². The van der Waals surface area contributed by atoms with E-state index in [1.54, 1.807) is 9.80 Å². The van der Waals surface area contributed by atoms with Gasteiger partial charge in [-0.05, 0) is 0 Å². The Kier molecular flexibility index (Phi) is 5.17. The smallest absolute Gasteiger partial charge is 0.312 e. The second-order valence-electron chi connectivity index (χ2n) is 5.68. The molecule has 21 heavy (non-hydrogen) atoms. The van der Waals surface area contributed by atoms with Gasteiger partial charge in [-0.1, -0.05) is 13.8 Å². The number of carbonyl (C=O) groups is 3. The normalized spacial score (nSPS) is 19.9. The highest BCUT2D eigenvalue weighted by atomic mass is 16.5. The van der Waals surface area contributed by atoms with E-state index in [-0.39, 0.29) is 11.8 Å². The van der Waals surface area contributed by atoms with Crippen molar-refractivity contribution < 1.29 is 19.1 Å². The van der Waals surface area contributed by atoms with Gasteiger partial charge in [0, 0.05) is 45.2 Å². The number of hydrogen-bond acceptors (Lipinski definition) is 4. The van der Waals surface area contributed by atoms with Crippen molar-refractivity contribution in [2.75, 3.05) is 52.5 Å². The Balaban J connectivity index is 1.85. The van der Waals surface area contributed by atoms with Gasteiger partial charge in [0.25, 0.3) is 0 Å². The molecule has 2 aliphatic heterocycles. The van der Waals surface area contributed by atoms with E-state index in [2.05, 4.69) is 0 Å². The number of amides is 3. The van der Waals surface area contributed by atoms with Gasteiger partial charge in [0.2, 0.25) is 5.91 Å². The molecule has 2 saturated heterocycles. The average Bonchev–Trinajstić information content (AvgIpc) is 2.53. The van der Waals surface area contributed by atoms with Crippen LogP contribution in [0.3, 0.4) is 0 Å². The van der Waals surface area contributed by atoms with Gasteiger partial charge in [0.1, 0.15) is 0 Å². The zero-order valence-electron chi connectivity index (χ0n) is 12.7. The lowest BCUT2D eigenvalue weighted by molar-refractivity contribution is -0.156. The van der Waals surface area contributed by atoms with Crippen LogP contribution in [0, 0.1) is 5.92 Å². The lowest BCUT2D eigenvalue weighted by Gasteiger charge is -2.36. The van der Waals surface area contributed by atoms with Gasteiger partial charge in [-0.25, -0.2) is 0 Å². The van der Waals surface area contributed by atoms with E-state index >= 15 is 0 Å². The molecule has 2 heterocycles. The minimum atomic E-state index is -0.464. The molecule has 0 aromatic rings. The maximum absolute atomic E-state index is 12.2. The van der Waals surface area contributed by atoms with Gasteiger partial charge >= 0.3 is 11.8 Å². The zero-order chi connectivity index (χ0) is 15.4. The third-order valence-electron chi connectivity index (χ3n) is 3.85. The summed E-state index contributed by atoms with van der Waals surface area (Å²) >= 11 is 0. The third-order valence-corrected chi connectivity index (χ3v) is 3.85. The molecule has 0 bridgehead atoms. The van der Waals surface area contributed by atoms with E-state index in [4.69, 9.17) is 4.74 Å². The Morgan fingerprint density at radius 2 is 1.19 bits per heavy atom. The van der Waals surface area contributed by atoms with Crippen molar-refractivity contribution in [3.8, 4) is 0 Å². The molecule has 118 valence electrons. The molecule has 2 rings (SSSR count). The molecule has 7 nitrogen and oxygen atoms in total. The fourth-order valence-corrected chi connectivity index (χ4v) is 2.53. The molecular weight excluding hydrogens is 274 g/mol. The van der Waals surface area contributed by atoms with Crippen molar-refractivity contribution in [3.05, 3.63) is 0 Å². The topological polar surface area (TPSA) is 70.2 Å². The van der Waals surface area contributed by atoms with Crippen molar-refractivity contribution in [1.29, 1.82) is 0 Å². The first kappa shape index (κ1) is 15.8. The fourth-order valence-electron chi connectivity index (χ4n) is 2.53. The highest BCUT2D eigenvalue weighted by Gasteiger charge is 2.31. The molecule has 0 aromatic heterocycles. The van der Waals surface area contributed by atoms with E-state index in [1.807, 2.05) is 13.8 Å². The molecule has 0 spiro atoms. The van der Waals surface area contributed by atoms with E-state index in [9.17, 15) is 14.4 Å². The van der Waals surface area contributed by atoms with Crippen molar-refractivity contribution >= 4 is 17.7 Å². The van der Waals surface area contributed by atoms with Crippen LogP contribution in [0.1, 0.15) is 13.8 Å². The average molecular weight is 297 g/mol. The van der Waals surface area contributed by atoms with Gasteiger partial charge < -0.3 is 19.4 Å². The number of piperazine rings is 1. The summed E-state index contributed by atoms with van der Waals surface area (Å²) in [6.07, 6.45) is 0. The third kappa shape index (κ3) is 3.72. The number of carbonyl (C=O) groups excluding carboxylic acids is 3. The maximum Gasteiger partial charge on any atom is 0.312 e. The van der Waals surface area contributed by atoms with Crippen LogP contribution in [0.15, 0.2) is 0 Å². The second kappa shape index (κ2) is 6.89. The quantitative estimate of drug-likeness (QED) is 0.593. The molecule has 2 fully saturated rings. The Morgan fingerprint density at radius 3 is 1.67 bits per heavy atom. The molecule has 0 unspecified atom stereocenters. The molecule has 2 aliphatic rings. The van der Waals surface area contributed by atoms with Crippen LogP contribution in [0.5, 0.6) is 0 Å². The molecule has 0 saturated carbocycles. The molecule has 0 radical (unpaired) electrons. The highest BCUT2D eigenvalue weighted by Crippen LogP contribution is 2.09. The largest absolute Gasteiger partial charge is 0.378 e. The molecular formula is C14H23N3O4. The van der Waals surface area contributed by atoms with Crippen LogP contribution in [0.4, 0.5) is 0 Å². The van der Waals surface area contributed by atoms with E-state index in [0.29, 0.717) is 52.5 Å². The van der Waals surface area contributed by atoms with Crippen molar-refractivity contribution in [2.45, 2.75) is 13.8 Å². The van der Waals surface area contributed by atoms with E-state index < -0.39 is 11.8 Å².